The van der Waals surface area contributed by atoms with E-state index in [1.807, 2.05) is 50.2 Å². The molecule has 0 N–H and O–H groups in total. The molecule has 0 saturated carbocycles. The number of hydrogen-bond acceptors (Lipinski definition) is 3. The summed E-state index contributed by atoms with van der Waals surface area (Å²) in [5.41, 5.74) is 3.74. The number of rotatable bonds is 12. The molecule has 0 aliphatic heterocycles. The lowest BCUT2D eigenvalue weighted by Gasteiger charge is -2.18. The fraction of sp³-hybridized carbons (Fsp3) is 0.367. The van der Waals surface area contributed by atoms with Crippen molar-refractivity contribution in [2.45, 2.75) is 59.5 Å². The average Bonchev–Trinajstić information content (AvgIpc) is 2.86. The summed E-state index contributed by atoms with van der Waals surface area (Å²) < 4.78 is 26.0. The van der Waals surface area contributed by atoms with Crippen molar-refractivity contribution in [2.24, 2.45) is 5.41 Å². The van der Waals surface area contributed by atoms with Gasteiger partial charge in [0.2, 0.25) is 0 Å². The predicted molar refractivity (Wildman–Crippen MR) is 135 cm³/mol. The van der Waals surface area contributed by atoms with Gasteiger partial charge in [-0.1, -0.05) is 62.2 Å². The summed E-state index contributed by atoms with van der Waals surface area (Å²) in [4.78, 5) is 0. The van der Waals surface area contributed by atoms with Crippen molar-refractivity contribution in [3.05, 3.63) is 83.7 Å². The molecule has 0 atom stereocenters. The van der Waals surface area contributed by atoms with Crippen LogP contribution < -0.4 is 9.47 Å². The normalized spacial score (nSPS) is 11.1. The molecule has 0 spiro atoms. The highest BCUT2D eigenvalue weighted by Gasteiger charge is 2.16. The van der Waals surface area contributed by atoms with E-state index in [0.29, 0.717) is 13.2 Å². The zero-order chi connectivity index (χ0) is 24.4. The lowest BCUT2D eigenvalue weighted by Crippen LogP contribution is -2.07. The Hall–Kier alpha value is -3.32. The summed E-state index contributed by atoms with van der Waals surface area (Å²) in [6, 6.07) is 23.0. The Balaban J connectivity index is 1.75. The van der Waals surface area contributed by atoms with Crippen molar-refractivity contribution < 1.29 is 13.9 Å². The second kappa shape index (κ2) is 12.2. The molecule has 0 aliphatic rings. The number of ether oxygens (including phenoxy) is 2. The third kappa shape index (κ3) is 7.35. The summed E-state index contributed by atoms with van der Waals surface area (Å²) in [7, 11) is 0. The summed E-state index contributed by atoms with van der Waals surface area (Å²) in [6.45, 7) is 7.13. The van der Waals surface area contributed by atoms with Gasteiger partial charge >= 0.3 is 0 Å². The molecule has 0 unspecified atom stereocenters. The number of benzene rings is 3. The first-order valence-corrected chi connectivity index (χ1v) is 12.1. The van der Waals surface area contributed by atoms with E-state index in [-0.39, 0.29) is 11.2 Å². The minimum Gasteiger partial charge on any atom is -0.493 e. The molecule has 3 rings (SSSR count). The van der Waals surface area contributed by atoms with Crippen LogP contribution >= 0.6 is 0 Å². The van der Waals surface area contributed by atoms with E-state index in [9.17, 15) is 4.39 Å². The molecule has 0 radical (unpaired) electrons. The van der Waals surface area contributed by atoms with Crippen LogP contribution in [-0.2, 0) is 13.0 Å². The predicted octanol–water partition coefficient (Wildman–Crippen LogP) is 8.12. The lowest BCUT2D eigenvalue weighted by atomic mass is 9.89. The Morgan fingerprint density at radius 3 is 2.29 bits per heavy atom. The zero-order valence-corrected chi connectivity index (χ0v) is 20.4. The second-order valence-electron chi connectivity index (χ2n) is 9.25. The number of unbranched alkanes of at least 4 members (excludes halogenated alkanes) is 2. The highest BCUT2D eigenvalue weighted by Crippen LogP contribution is 2.37. The molecule has 4 heteroatoms. The summed E-state index contributed by atoms with van der Waals surface area (Å²) >= 11 is 0. The van der Waals surface area contributed by atoms with Gasteiger partial charge in [-0.3, -0.25) is 0 Å². The fourth-order valence-corrected chi connectivity index (χ4v) is 3.81. The van der Waals surface area contributed by atoms with Gasteiger partial charge in [0.15, 0.2) is 0 Å². The van der Waals surface area contributed by atoms with Crippen LogP contribution in [0.4, 0.5) is 4.39 Å². The van der Waals surface area contributed by atoms with Crippen LogP contribution in [0.15, 0.2) is 66.7 Å². The molecule has 3 aromatic carbocycles. The van der Waals surface area contributed by atoms with Crippen LogP contribution in [-0.4, -0.2) is 6.61 Å². The van der Waals surface area contributed by atoms with Crippen LogP contribution in [0.3, 0.4) is 0 Å². The third-order valence-corrected chi connectivity index (χ3v) is 5.94. The Morgan fingerprint density at radius 1 is 0.882 bits per heavy atom. The number of hydrogen-bond donors (Lipinski definition) is 0. The minimum atomic E-state index is -0.266. The van der Waals surface area contributed by atoms with E-state index in [4.69, 9.17) is 14.7 Å². The van der Waals surface area contributed by atoms with Crippen LogP contribution in [0.25, 0.3) is 11.1 Å². The van der Waals surface area contributed by atoms with Crippen molar-refractivity contribution in [2.75, 3.05) is 6.61 Å². The molecule has 0 bridgehead atoms. The van der Waals surface area contributed by atoms with E-state index >= 15 is 0 Å². The zero-order valence-electron chi connectivity index (χ0n) is 20.4. The maximum atomic E-state index is 13.5. The topological polar surface area (TPSA) is 42.2 Å². The first-order valence-electron chi connectivity index (χ1n) is 12.1. The first-order chi connectivity index (χ1) is 16.4. The molecular weight excluding hydrogens is 425 g/mol. The van der Waals surface area contributed by atoms with Crippen molar-refractivity contribution in [1.82, 2.24) is 0 Å². The largest absolute Gasteiger partial charge is 0.493 e. The molecule has 0 aliphatic carbocycles. The molecule has 3 aromatic rings. The monoisotopic (exact) mass is 459 g/mol. The lowest BCUT2D eigenvalue weighted by molar-refractivity contribution is 0.286. The fourth-order valence-electron chi connectivity index (χ4n) is 3.81. The SMILES string of the molecule is CCc1cc(-c2ccc(F)cc2)c(OCc2ccccc2)cc1OCCCCCC(C)(C)C#N. The van der Waals surface area contributed by atoms with Gasteiger partial charge in [-0.25, -0.2) is 4.39 Å². The van der Waals surface area contributed by atoms with Crippen LogP contribution in [0.2, 0.25) is 0 Å². The van der Waals surface area contributed by atoms with Gasteiger partial charge in [0.25, 0.3) is 0 Å². The van der Waals surface area contributed by atoms with E-state index in [1.54, 1.807) is 12.1 Å². The molecule has 0 heterocycles. The van der Waals surface area contributed by atoms with Crippen molar-refractivity contribution in [1.29, 1.82) is 5.26 Å². The Kier molecular flexibility index (Phi) is 9.10. The third-order valence-electron chi connectivity index (χ3n) is 5.94. The van der Waals surface area contributed by atoms with Gasteiger partial charge < -0.3 is 9.47 Å². The quantitative estimate of drug-likeness (QED) is 0.257. The van der Waals surface area contributed by atoms with Crippen LogP contribution in [0, 0.1) is 22.6 Å². The number of nitrogens with zero attached hydrogens (tertiary/aromatic N) is 1. The van der Waals surface area contributed by atoms with Gasteiger partial charge in [0.1, 0.15) is 23.9 Å². The van der Waals surface area contributed by atoms with Crippen LogP contribution in [0.5, 0.6) is 11.5 Å². The van der Waals surface area contributed by atoms with Crippen LogP contribution in [0.1, 0.15) is 57.6 Å². The van der Waals surface area contributed by atoms with Crippen molar-refractivity contribution in [3.63, 3.8) is 0 Å². The highest BCUT2D eigenvalue weighted by molar-refractivity contribution is 5.73. The number of nitriles is 1. The van der Waals surface area contributed by atoms with Gasteiger partial charge in [0.05, 0.1) is 18.1 Å². The van der Waals surface area contributed by atoms with E-state index in [0.717, 1.165) is 65.9 Å². The smallest absolute Gasteiger partial charge is 0.131 e. The maximum Gasteiger partial charge on any atom is 0.131 e. The van der Waals surface area contributed by atoms with Gasteiger partial charge in [-0.2, -0.15) is 5.26 Å². The standard InChI is InChI=1S/C30H34FNO2/c1-4-24-19-27(25-13-15-26(31)16-14-25)29(34-21-23-11-7-5-8-12-23)20-28(24)33-18-10-6-9-17-30(2,3)22-32/h5,7-8,11-16,19-20H,4,6,9-10,17-18,21H2,1-3H3. The minimum absolute atomic E-state index is 0.260. The average molecular weight is 460 g/mol. The Morgan fingerprint density at radius 2 is 1.62 bits per heavy atom. The maximum absolute atomic E-state index is 13.5. The molecule has 3 nitrogen and oxygen atoms in total. The highest BCUT2D eigenvalue weighted by atomic mass is 19.1. The molecular formula is C30H34FNO2. The summed E-state index contributed by atoms with van der Waals surface area (Å²) in [6.07, 6.45) is 4.69. The molecule has 178 valence electrons. The molecule has 0 aromatic heterocycles. The van der Waals surface area contributed by atoms with Crippen molar-refractivity contribution >= 4 is 0 Å². The summed E-state index contributed by atoms with van der Waals surface area (Å²) in [5, 5.41) is 9.16. The van der Waals surface area contributed by atoms with Gasteiger partial charge in [-0.05, 0) is 68.0 Å². The van der Waals surface area contributed by atoms with Gasteiger partial charge in [0, 0.05) is 11.6 Å². The number of aryl methyl sites for hydroxylation is 1. The molecule has 0 amide bonds. The number of halogens is 1. The van der Waals surface area contributed by atoms with E-state index < -0.39 is 0 Å². The summed E-state index contributed by atoms with van der Waals surface area (Å²) in [5.74, 6) is 1.29. The van der Waals surface area contributed by atoms with E-state index in [1.165, 1.54) is 12.1 Å². The Bertz CT molecular complexity index is 1090. The first kappa shape index (κ1) is 25.3. The van der Waals surface area contributed by atoms with Gasteiger partial charge in [-0.15, -0.1) is 0 Å². The van der Waals surface area contributed by atoms with Crippen molar-refractivity contribution in [3.8, 4) is 28.7 Å². The Labute approximate surface area is 203 Å². The molecule has 0 saturated heterocycles. The van der Waals surface area contributed by atoms with E-state index in [2.05, 4.69) is 19.1 Å². The molecule has 0 fully saturated rings. The second-order valence-corrected chi connectivity index (χ2v) is 9.25. The molecule has 34 heavy (non-hydrogen) atoms.